The zero-order valence-corrected chi connectivity index (χ0v) is 12.4. The Kier molecular flexibility index (Phi) is 4.01. The van der Waals surface area contributed by atoms with Crippen LogP contribution in [0.15, 0.2) is 72.8 Å². The third-order valence-corrected chi connectivity index (χ3v) is 5.44. The average Bonchev–Trinajstić information content (AvgIpc) is 2.93. The van der Waals surface area contributed by atoms with E-state index in [1.54, 1.807) is 0 Å². The molecular weight excluding hydrogens is 263 g/mol. The molecule has 0 fully saturated rings. The van der Waals surface area contributed by atoms with Crippen LogP contribution in [0.5, 0.6) is 0 Å². The highest BCUT2D eigenvalue weighted by atomic mass is 31.1. The van der Waals surface area contributed by atoms with Crippen LogP contribution < -0.4 is 4.52 Å². The number of hydrogen-bond donors (Lipinski definition) is 0. The van der Waals surface area contributed by atoms with Crippen molar-refractivity contribution in [3.63, 3.8) is 0 Å². The molecule has 0 spiro atoms. The summed E-state index contributed by atoms with van der Waals surface area (Å²) in [5.41, 5.74) is 2.52. The lowest BCUT2D eigenvalue weighted by atomic mass is 10.2. The Hall–Kier alpha value is -1.82. The van der Waals surface area contributed by atoms with Crippen molar-refractivity contribution in [1.29, 1.82) is 0 Å². The largest absolute Gasteiger partial charge is 0.331 e. The lowest BCUT2D eigenvalue weighted by Gasteiger charge is -2.09. The second kappa shape index (κ2) is 6.09. The van der Waals surface area contributed by atoms with E-state index in [0.29, 0.717) is 0 Å². The minimum Gasteiger partial charge on any atom is -0.331 e. The first kappa shape index (κ1) is 13.2. The monoisotopic (exact) mass is 280 g/mol. The highest BCUT2D eigenvalue weighted by Gasteiger charge is 2.13. The maximum absolute atomic E-state index is 6.07. The smallest absolute Gasteiger partial charge is 0.0542 e. The fraction of sp³-hybridized carbons (Fsp3) is 0.111. The minimum absolute atomic E-state index is 0.702. The third-order valence-electron chi connectivity index (χ3n) is 3.23. The van der Waals surface area contributed by atoms with Gasteiger partial charge in [-0.3, -0.25) is 0 Å². The zero-order chi connectivity index (χ0) is 13.8. The van der Waals surface area contributed by atoms with Crippen LogP contribution in [0, 0.1) is 0 Å². The predicted octanol–water partition coefficient (Wildman–Crippen LogP) is 5.46. The van der Waals surface area contributed by atoms with Crippen molar-refractivity contribution in [2.24, 2.45) is 0 Å². The normalized spacial score (nSPS) is 10.7. The van der Waals surface area contributed by atoms with Gasteiger partial charge in [0.1, 0.15) is 0 Å². The van der Waals surface area contributed by atoms with E-state index in [0.717, 1.165) is 6.61 Å². The van der Waals surface area contributed by atoms with Crippen molar-refractivity contribution >= 4 is 7.76 Å². The number of hydrogen-bond acceptors (Lipinski definition) is 1. The molecular formula is C18H17OP. The van der Waals surface area contributed by atoms with E-state index in [1.165, 1.54) is 21.7 Å². The molecule has 100 valence electrons. The third kappa shape index (κ3) is 2.56. The Labute approximate surface area is 121 Å². The molecule has 0 atom stereocenters. The molecule has 1 aromatic heterocycles. The molecule has 0 aliphatic heterocycles. The van der Waals surface area contributed by atoms with E-state index < -0.39 is 7.76 Å². The van der Waals surface area contributed by atoms with Crippen LogP contribution in [0.2, 0.25) is 0 Å². The number of benzene rings is 2. The van der Waals surface area contributed by atoms with E-state index in [-0.39, 0.29) is 0 Å². The summed E-state index contributed by atoms with van der Waals surface area (Å²) in [7, 11) is -0.702. The fourth-order valence-electron chi connectivity index (χ4n) is 2.34. The Morgan fingerprint density at radius 1 is 0.700 bits per heavy atom. The molecule has 0 aliphatic rings. The molecule has 0 aliphatic carbocycles. The van der Waals surface area contributed by atoms with Gasteiger partial charge in [0, 0.05) is 18.4 Å². The first-order valence-corrected chi connectivity index (χ1v) is 8.12. The molecule has 1 nitrogen and oxygen atoms in total. The molecule has 0 amide bonds. The van der Waals surface area contributed by atoms with Gasteiger partial charge in [-0.2, -0.15) is 0 Å². The van der Waals surface area contributed by atoms with E-state index in [9.17, 15) is 0 Å². The Morgan fingerprint density at radius 3 is 1.55 bits per heavy atom. The van der Waals surface area contributed by atoms with Crippen LogP contribution in [0.1, 0.15) is 6.92 Å². The van der Waals surface area contributed by atoms with Crippen LogP contribution in [0.3, 0.4) is 0 Å². The topological polar surface area (TPSA) is 9.23 Å². The van der Waals surface area contributed by atoms with Crippen LogP contribution >= 0.6 is 7.76 Å². The lowest BCUT2D eigenvalue weighted by Crippen LogP contribution is -1.89. The van der Waals surface area contributed by atoms with Crippen LogP contribution in [-0.2, 0) is 0 Å². The zero-order valence-electron chi connectivity index (χ0n) is 11.5. The van der Waals surface area contributed by atoms with Gasteiger partial charge in [0.15, 0.2) is 0 Å². The molecule has 0 unspecified atom stereocenters. The van der Waals surface area contributed by atoms with Gasteiger partial charge in [-0.25, -0.2) is 0 Å². The average molecular weight is 280 g/mol. The van der Waals surface area contributed by atoms with Crippen molar-refractivity contribution in [1.82, 2.24) is 0 Å². The molecule has 2 heteroatoms. The van der Waals surface area contributed by atoms with Crippen molar-refractivity contribution in [2.45, 2.75) is 6.92 Å². The maximum atomic E-state index is 6.07. The SMILES string of the molecule is CCOp1c(-c2ccccc2)ccc1-c1ccccc1. The molecule has 0 saturated heterocycles. The molecule has 0 N–H and O–H groups in total. The summed E-state index contributed by atoms with van der Waals surface area (Å²) in [5.74, 6) is 0. The van der Waals surface area contributed by atoms with E-state index in [1.807, 2.05) is 12.1 Å². The van der Waals surface area contributed by atoms with E-state index in [2.05, 4.69) is 67.6 Å². The fourth-order valence-corrected chi connectivity index (χ4v) is 4.32. The molecule has 3 aromatic rings. The summed E-state index contributed by atoms with van der Waals surface area (Å²) in [4.78, 5) is 0. The van der Waals surface area contributed by atoms with Gasteiger partial charge in [-0.1, -0.05) is 60.7 Å². The standard InChI is InChI=1S/C18H17OP/c1-2-19-20-17(15-9-5-3-6-10-15)13-14-18(20)16-11-7-4-8-12-16/h3-14H,2H2,1H3. The first-order valence-electron chi connectivity index (χ1n) is 6.86. The number of rotatable bonds is 4. The van der Waals surface area contributed by atoms with Gasteiger partial charge >= 0.3 is 0 Å². The quantitative estimate of drug-likeness (QED) is 0.617. The summed E-state index contributed by atoms with van der Waals surface area (Å²) in [5, 5.41) is 2.61. The Morgan fingerprint density at radius 2 is 1.15 bits per heavy atom. The summed E-state index contributed by atoms with van der Waals surface area (Å²) in [6.07, 6.45) is 0. The molecule has 20 heavy (non-hydrogen) atoms. The maximum Gasteiger partial charge on any atom is 0.0542 e. The van der Waals surface area contributed by atoms with Gasteiger partial charge in [0.2, 0.25) is 0 Å². The summed E-state index contributed by atoms with van der Waals surface area (Å²) in [6.45, 7) is 2.80. The van der Waals surface area contributed by atoms with Gasteiger partial charge in [-0.15, -0.1) is 0 Å². The first-order chi connectivity index (χ1) is 9.90. The second-order valence-electron chi connectivity index (χ2n) is 4.55. The van der Waals surface area contributed by atoms with Crippen molar-refractivity contribution < 1.29 is 4.52 Å². The van der Waals surface area contributed by atoms with Gasteiger partial charge in [0.05, 0.1) is 6.61 Å². The summed E-state index contributed by atoms with van der Waals surface area (Å²) >= 11 is 0. The van der Waals surface area contributed by atoms with Crippen molar-refractivity contribution in [3.05, 3.63) is 72.8 Å². The Balaban J connectivity index is 2.12. The van der Waals surface area contributed by atoms with Crippen molar-refractivity contribution in [2.75, 3.05) is 6.61 Å². The van der Waals surface area contributed by atoms with Gasteiger partial charge < -0.3 is 4.52 Å². The minimum atomic E-state index is -0.702. The lowest BCUT2D eigenvalue weighted by molar-refractivity contribution is 0.461. The van der Waals surface area contributed by atoms with E-state index in [4.69, 9.17) is 4.52 Å². The van der Waals surface area contributed by atoms with Crippen LogP contribution in [-0.4, -0.2) is 6.61 Å². The van der Waals surface area contributed by atoms with Crippen LogP contribution in [0.4, 0.5) is 0 Å². The van der Waals surface area contributed by atoms with Crippen LogP contribution in [0.25, 0.3) is 21.7 Å². The van der Waals surface area contributed by atoms with Gasteiger partial charge in [-0.05, 0) is 30.2 Å². The molecule has 3 rings (SSSR count). The highest BCUT2D eigenvalue weighted by molar-refractivity contribution is 7.51. The summed E-state index contributed by atoms with van der Waals surface area (Å²) < 4.78 is 6.07. The highest BCUT2D eigenvalue weighted by Crippen LogP contribution is 2.49. The molecule has 2 aromatic carbocycles. The molecule has 0 saturated carbocycles. The second-order valence-corrected chi connectivity index (χ2v) is 6.36. The Bertz CT molecular complexity index is 614. The van der Waals surface area contributed by atoms with Gasteiger partial charge in [0.25, 0.3) is 0 Å². The van der Waals surface area contributed by atoms with E-state index >= 15 is 0 Å². The predicted molar refractivity (Wildman–Crippen MR) is 87.1 cm³/mol. The molecule has 1 heterocycles. The summed E-state index contributed by atoms with van der Waals surface area (Å²) in [6, 6.07) is 25.4. The molecule has 0 bridgehead atoms. The van der Waals surface area contributed by atoms with Crippen molar-refractivity contribution in [3.8, 4) is 21.7 Å². The molecule has 0 radical (unpaired) electrons.